The molecule has 0 aliphatic rings. The summed E-state index contributed by atoms with van der Waals surface area (Å²) in [7, 11) is 0. The van der Waals surface area contributed by atoms with E-state index in [1.807, 2.05) is 6.92 Å². The molecular weight excluding hydrogens is 256 g/mol. The first-order chi connectivity index (χ1) is 9.60. The molecule has 0 saturated carbocycles. The first-order valence-corrected chi connectivity index (χ1v) is 7.95. The number of hydrogen-bond donors (Lipinski definition) is 0. The van der Waals surface area contributed by atoms with Crippen molar-refractivity contribution >= 4 is 11.9 Å². The lowest BCUT2D eigenvalue weighted by Gasteiger charge is -2.13. The summed E-state index contributed by atoms with van der Waals surface area (Å²) in [6, 6.07) is 0. The summed E-state index contributed by atoms with van der Waals surface area (Å²) < 4.78 is 10.2. The number of carbonyl (C=O) groups is 2. The van der Waals surface area contributed by atoms with Crippen molar-refractivity contribution in [1.29, 1.82) is 0 Å². The summed E-state index contributed by atoms with van der Waals surface area (Å²) in [5.41, 5.74) is 0. The van der Waals surface area contributed by atoms with Crippen molar-refractivity contribution in [2.75, 3.05) is 6.61 Å². The molecule has 1 unspecified atom stereocenters. The number of unbranched alkanes of at least 4 members (excludes halogenated alkanes) is 4. The average molecular weight is 286 g/mol. The molecule has 4 heteroatoms. The van der Waals surface area contributed by atoms with Crippen LogP contribution in [0.1, 0.15) is 78.6 Å². The van der Waals surface area contributed by atoms with Crippen LogP contribution in [-0.4, -0.2) is 24.6 Å². The zero-order valence-corrected chi connectivity index (χ0v) is 13.3. The van der Waals surface area contributed by atoms with E-state index in [1.54, 1.807) is 6.92 Å². The van der Waals surface area contributed by atoms with Crippen molar-refractivity contribution in [1.82, 2.24) is 0 Å². The second kappa shape index (κ2) is 12.9. The van der Waals surface area contributed by atoms with Crippen LogP contribution < -0.4 is 0 Å². The van der Waals surface area contributed by atoms with Crippen LogP contribution in [0, 0.1) is 0 Å². The Hall–Kier alpha value is -1.06. The summed E-state index contributed by atoms with van der Waals surface area (Å²) in [6.07, 6.45) is 7.86. The minimum Gasteiger partial charge on any atom is -0.466 e. The van der Waals surface area contributed by atoms with Crippen LogP contribution in [0.2, 0.25) is 0 Å². The van der Waals surface area contributed by atoms with E-state index in [-0.39, 0.29) is 18.0 Å². The quantitative estimate of drug-likeness (QED) is 0.402. The fraction of sp³-hybridized carbons (Fsp3) is 0.875. The summed E-state index contributed by atoms with van der Waals surface area (Å²) in [5, 5.41) is 0. The van der Waals surface area contributed by atoms with Gasteiger partial charge in [0, 0.05) is 12.8 Å². The van der Waals surface area contributed by atoms with Gasteiger partial charge in [0.2, 0.25) is 0 Å². The number of ether oxygens (including phenoxy) is 2. The predicted molar refractivity (Wildman–Crippen MR) is 79.4 cm³/mol. The van der Waals surface area contributed by atoms with E-state index in [1.165, 1.54) is 19.3 Å². The molecule has 0 bridgehead atoms. The maximum atomic E-state index is 11.6. The lowest BCUT2D eigenvalue weighted by Crippen LogP contribution is -2.14. The van der Waals surface area contributed by atoms with Gasteiger partial charge in [0.25, 0.3) is 0 Å². The molecule has 0 N–H and O–H groups in total. The number of esters is 2. The third kappa shape index (κ3) is 12.0. The monoisotopic (exact) mass is 286 g/mol. The maximum Gasteiger partial charge on any atom is 0.306 e. The highest BCUT2D eigenvalue weighted by atomic mass is 16.5. The van der Waals surface area contributed by atoms with Crippen molar-refractivity contribution in [2.45, 2.75) is 84.7 Å². The van der Waals surface area contributed by atoms with Gasteiger partial charge in [-0.15, -0.1) is 0 Å². The van der Waals surface area contributed by atoms with Crippen LogP contribution in [0.5, 0.6) is 0 Å². The predicted octanol–water partition coefficient (Wildman–Crippen LogP) is 4.01. The minimum absolute atomic E-state index is 0.00409. The molecule has 0 spiro atoms. The molecule has 0 radical (unpaired) electrons. The second-order valence-electron chi connectivity index (χ2n) is 5.16. The number of hydrogen-bond acceptors (Lipinski definition) is 4. The zero-order chi connectivity index (χ0) is 15.2. The molecule has 0 fully saturated rings. The van der Waals surface area contributed by atoms with Crippen LogP contribution in [0.3, 0.4) is 0 Å². The summed E-state index contributed by atoms with van der Waals surface area (Å²) in [4.78, 5) is 22.7. The molecule has 0 saturated heterocycles. The van der Waals surface area contributed by atoms with Crippen molar-refractivity contribution < 1.29 is 19.1 Å². The van der Waals surface area contributed by atoms with E-state index >= 15 is 0 Å². The Morgan fingerprint density at radius 3 is 2.15 bits per heavy atom. The third-order valence-electron chi connectivity index (χ3n) is 3.11. The van der Waals surface area contributed by atoms with E-state index in [2.05, 4.69) is 6.92 Å². The third-order valence-corrected chi connectivity index (χ3v) is 3.11. The van der Waals surface area contributed by atoms with Crippen molar-refractivity contribution in [3.63, 3.8) is 0 Å². The summed E-state index contributed by atoms with van der Waals surface area (Å²) in [5.74, 6) is -0.345. The van der Waals surface area contributed by atoms with Gasteiger partial charge in [-0.2, -0.15) is 0 Å². The first-order valence-electron chi connectivity index (χ1n) is 7.95. The molecule has 118 valence electrons. The minimum atomic E-state index is -0.190. The molecule has 0 amide bonds. The Kier molecular flexibility index (Phi) is 12.3. The van der Waals surface area contributed by atoms with Gasteiger partial charge in [0.05, 0.1) is 12.7 Å². The second-order valence-corrected chi connectivity index (χ2v) is 5.16. The van der Waals surface area contributed by atoms with Crippen molar-refractivity contribution in [3.05, 3.63) is 0 Å². The fourth-order valence-corrected chi connectivity index (χ4v) is 1.97. The topological polar surface area (TPSA) is 52.6 Å². The molecule has 0 aromatic heterocycles. The fourth-order valence-electron chi connectivity index (χ4n) is 1.97. The Balaban J connectivity index is 3.50. The van der Waals surface area contributed by atoms with Gasteiger partial charge < -0.3 is 9.47 Å². The van der Waals surface area contributed by atoms with E-state index in [9.17, 15) is 9.59 Å². The molecule has 0 rings (SSSR count). The van der Waals surface area contributed by atoms with E-state index in [4.69, 9.17) is 9.47 Å². The molecule has 4 nitrogen and oxygen atoms in total. The first kappa shape index (κ1) is 18.9. The Labute approximate surface area is 123 Å². The summed E-state index contributed by atoms with van der Waals surface area (Å²) >= 11 is 0. The van der Waals surface area contributed by atoms with Crippen LogP contribution in [0.25, 0.3) is 0 Å². The SMILES string of the molecule is CCCCCCC(C)OC(=O)CCCCC(=O)OCC. The van der Waals surface area contributed by atoms with Crippen molar-refractivity contribution in [2.24, 2.45) is 0 Å². The highest BCUT2D eigenvalue weighted by Crippen LogP contribution is 2.10. The highest BCUT2D eigenvalue weighted by Gasteiger charge is 2.09. The van der Waals surface area contributed by atoms with Gasteiger partial charge in [0.15, 0.2) is 0 Å². The Morgan fingerprint density at radius 2 is 1.55 bits per heavy atom. The average Bonchev–Trinajstić information content (AvgIpc) is 2.40. The normalized spacial score (nSPS) is 11.9. The molecule has 0 aliphatic heterocycles. The van der Waals surface area contributed by atoms with Crippen LogP contribution in [0.15, 0.2) is 0 Å². The smallest absolute Gasteiger partial charge is 0.306 e. The Bertz CT molecular complexity index is 263. The number of rotatable bonds is 12. The lowest BCUT2D eigenvalue weighted by molar-refractivity contribution is -0.149. The van der Waals surface area contributed by atoms with Gasteiger partial charge in [-0.05, 0) is 39.5 Å². The van der Waals surface area contributed by atoms with Gasteiger partial charge >= 0.3 is 11.9 Å². The standard InChI is InChI=1S/C16H30O4/c1-4-6-7-8-11-14(3)20-16(18)13-10-9-12-15(17)19-5-2/h14H,4-13H2,1-3H3. The van der Waals surface area contributed by atoms with Crippen molar-refractivity contribution in [3.8, 4) is 0 Å². The van der Waals surface area contributed by atoms with Gasteiger partial charge in [-0.3, -0.25) is 9.59 Å². The maximum absolute atomic E-state index is 11.6. The van der Waals surface area contributed by atoms with E-state index in [0.29, 0.717) is 32.3 Å². The van der Waals surface area contributed by atoms with Crippen LogP contribution >= 0.6 is 0 Å². The lowest BCUT2D eigenvalue weighted by atomic mass is 10.1. The molecule has 0 heterocycles. The van der Waals surface area contributed by atoms with Gasteiger partial charge in [-0.25, -0.2) is 0 Å². The molecule has 1 atom stereocenters. The Morgan fingerprint density at radius 1 is 0.900 bits per heavy atom. The molecule has 0 aliphatic carbocycles. The summed E-state index contributed by atoms with van der Waals surface area (Å²) in [6.45, 7) is 6.33. The molecule has 0 aromatic rings. The van der Waals surface area contributed by atoms with Crippen LogP contribution in [-0.2, 0) is 19.1 Å². The molecule has 0 aromatic carbocycles. The largest absolute Gasteiger partial charge is 0.466 e. The molecular formula is C16H30O4. The van der Waals surface area contributed by atoms with Gasteiger partial charge in [-0.1, -0.05) is 26.2 Å². The van der Waals surface area contributed by atoms with E-state index < -0.39 is 0 Å². The molecule has 20 heavy (non-hydrogen) atoms. The van der Waals surface area contributed by atoms with E-state index in [0.717, 1.165) is 12.8 Å². The zero-order valence-electron chi connectivity index (χ0n) is 13.3. The van der Waals surface area contributed by atoms with Gasteiger partial charge in [0.1, 0.15) is 0 Å². The van der Waals surface area contributed by atoms with Crippen LogP contribution in [0.4, 0.5) is 0 Å². The number of carbonyl (C=O) groups excluding carboxylic acids is 2. The highest BCUT2D eigenvalue weighted by molar-refractivity contribution is 5.70.